The third-order valence-electron chi connectivity index (χ3n) is 4.01. The summed E-state index contributed by atoms with van der Waals surface area (Å²) in [7, 11) is 0. The van der Waals surface area contributed by atoms with E-state index in [0.29, 0.717) is 17.1 Å². The van der Waals surface area contributed by atoms with Gasteiger partial charge in [-0.05, 0) is 29.1 Å². The van der Waals surface area contributed by atoms with Gasteiger partial charge in [0.2, 0.25) is 0 Å². The van der Waals surface area contributed by atoms with Crippen LogP contribution in [0.4, 0.5) is 5.00 Å². The van der Waals surface area contributed by atoms with Crippen molar-refractivity contribution in [3.05, 3.63) is 65.0 Å². The smallest absolute Gasteiger partial charge is 0.280 e. The molecule has 5 heteroatoms. The van der Waals surface area contributed by atoms with Crippen LogP contribution in [0.2, 0.25) is 0 Å². The quantitative estimate of drug-likeness (QED) is 0.752. The van der Waals surface area contributed by atoms with E-state index in [1.165, 1.54) is 27.7 Å². The number of nitrogens with one attached hydrogen (secondary N) is 1. The standard InChI is InChI=1S/C19H17N3OS/c1-13(16-8-4-6-14-5-2-3-7-17(14)16)21-12-18(23)22-19-15(11-20)9-10-24-19/h2-10,13,21H,12H2,1H3,(H,22,23)/p+1/t13-/m0/s1. The molecule has 0 aliphatic rings. The van der Waals surface area contributed by atoms with E-state index in [1.807, 2.05) is 23.5 Å². The average Bonchev–Trinajstić information content (AvgIpc) is 3.06. The Bertz CT molecular complexity index is 905. The summed E-state index contributed by atoms with van der Waals surface area (Å²) >= 11 is 1.37. The molecule has 0 saturated carbocycles. The van der Waals surface area contributed by atoms with Crippen molar-refractivity contribution in [2.24, 2.45) is 0 Å². The van der Waals surface area contributed by atoms with Crippen molar-refractivity contribution in [1.82, 2.24) is 0 Å². The van der Waals surface area contributed by atoms with Gasteiger partial charge in [0.05, 0.1) is 5.56 Å². The molecule has 1 aromatic heterocycles. The van der Waals surface area contributed by atoms with Crippen molar-refractivity contribution in [3.8, 4) is 6.07 Å². The minimum atomic E-state index is -0.0963. The summed E-state index contributed by atoms with van der Waals surface area (Å²) < 4.78 is 0. The predicted molar refractivity (Wildman–Crippen MR) is 96.8 cm³/mol. The van der Waals surface area contributed by atoms with E-state index in [4.69, 9.17) is 5.26 Å². The first-order valence-electron chi connectivity index (χ1n) is 7.77. The Morgan fingerprint density at radius 3 is 2.88 bits per heavy atom. The summed E-state index contributed by atoms with van der Waals surface area (Å²) in [5.41, 5.74) is 1.73. The number of amides is 1. The molecule has 0 fully saturated rings. The maximum Gasteiger partial charge on any atom is 0.280 e. The molecule has 4 nitrogen and oxygen atoms in total. The van der Waals surface area contributed by atoms with Crippen molar-refractivity contribution < 1.29 is 10.1 Å². The first-order valence-corrected chi connectivity index (χ1v) is 8.65. The molecule has 120 valence electrons. The highest BCUT2D eigenvalue weighted by molar-refractivity contribution is 7.14. The maximum atomic E-state index is 12.1. The van der Waals surface area contributed by atoms with Crippen molar-refractivity contribution in [3.63, 3.8) is 0 Å². The van der Waals surface area contributed by atoms with Crippen LogP contribution >= 0.6 is 11.3 Å². The van der Waals surface area contributed by atoms with E-state index in [-0.39, 0.29) is 11.9 Å². The molecule has 1 heterocycles. The zero-order valence-electron chi connectivity index (χ0n) is 13.3. The van der Waals surface area contributed by atoms with Crippen LogP contribution in [0.1, 0.15) is 24.1 Å². The molecular weight excluding hydrogens is 318 g/mol. The van der Waals surface area contributed by atoms with E-state index in [1.54, 1.807) is 11.4 Å². The number of thiophene rings is 1. The van der Waals surface area contributed by atoms with Gasteiger partial charge in [0.1, 0.15) is 17.1 Å². The van der Waals surface area contributed by atoms with Gasteiger partial charge >= 0.3 is 0 Å². The number of quaternary nitrogens is 1. The lowest BCUT2D eigenvalue weighted by atomic mass is 10.00. The number of hydrogen-bond donors (Lipinski definition) is 2. The number of fused-ring (bicyclic) bond motifs is 1. The van der Waals surface area contributed by atoms with Gasteiger partial charge < -0.3 is 10.6 Å². The van der Waals surface area contributed by atoms with Gasteiger partial charge in [0.25, 0.3) is 5.91 Å². The maximum absolute atomic E-state index is 12.1. The lowest BCUT2D eigenvalue weighted by Gasteiger charge is -2.13. The van der Waals surface area contributed by atoms with Crippen molar-refractivity contribution in [2.75, 3.05) is 11.9 Å². The molecular formula is C19H18N3OS+. The lowest BCUT2D eigenvalue weighted by molar-refractivity contribution is -0.682. The molecule has 1 amide bonds. The third kappa shape index (κ3) is 3.46. The molecule has 0 radical (unpaired) electrons. The van der Waals surface area contributed by atoms with E-state index in [2.05, 4.69) is 42.6 Å². The molecule has 3 rings (SSSR count). The van der Waals surface area contributed by atoms with Crippen molar-refractivity contribution >= 4 is 33.0 Å². The van der Waals surface area contributed by atoms with Gasteiger partial charge in [-0.15, -0.1) is 11.3 Å². The molecule has 3 aromatic rings. The third-order valence-corrected chi connectivity index (χ3v) is 4.84. The van der Waals surface area contributed by atoms with E-state index >= 15 is 0 Å². The second kappa shape index (κ2) is 7.26. The van der Waals surface area contributed by atoms with Crippen LogP contribution in [0.3, 0.4) is 0 Å². The molecule has 0 aliphatic carbocycles. The highest BCUT2D eigenvalue weighted by Gasteiger charge is 2.15. The van der Waals surface area contributed by atoms with Crippen LogP contribution in [-0.2, 0) is 4.79 Å². The Labute approximate surface area is 144 Å². The summed E-state index contributed by atoms with van der Waals surface area (Å²) in [5, 5.41) is 18.7. The number of carbonyl (C=O) groups excluding carboxylic acids is 1. The fourth-order valence-corrected chi connectivity index (χ4v) is 3.48. The number of nitrogens with two attached hydrogens (primary N) is 1. The van der Waals surface area contributed by atoms with Gasteiger partial charge in [-0.25, -0.2) is 0 Å². The van der Waals surface area contributed by atoms with Crippen LogP contribution in [0.15, 0.2) is 53.9 Å². The first kappa shape index (κ1) is 16.2. The summed E-state index contributed by atoms with van der Waals surface area (Å²) in [4.78, 5) is 12.1. The highest BCUT2D eigenvalue weighted by Crippen LogP contribution is 2.23. The fraction of sp³-hybridized carbons (Fsp3) is 0.158. The van der Waals surface area contributed by atoms with Crippen LogP contribution in [0.5, 0.6) is 0 Å². The fourth-order valence-electron chi connectivity index (χ4n) is 2.73. The molecule has 0 bridgehead atoms. The Morgan fingerprint density at radius 2 is 2.04 bits per heavy atom. The molecule has 0 aliphatic heterocycles. The summed E-state index contributed by atoms with van der Waals surface area (Å²) in [6, 6.07) is 18.5. The van der Waals surface area contributed by atoms with Crippen LogP contribution in [0.25, 0.3) is 10.8 Å². The Morgan fingerprint density at radius 1 is 1.25 bits per heavy atom. The second-order valence-corrected chi connectivity index (χ2v) is 6.54. The van der Waals surface area contributed by atoms with Gasteiger partial charge in [-0.3, -0.25) is 4.79 Å². The monoisotopic (exact) mass is 336 g/mol. The number of nitriles is 1. The molecule has 24 heavy (non-hydrogen) atoms. The van der Waals surface area contributed by atoms with Crippen molar-refractivity contribution in [1.29, 1.82) is 5.26 Å². The van der Waals surface area contributed by atoms with Crippen LogP contribution < -0.4 is 10.6 Å². The summed E-state index contributed by atoms with van der Waals surface area (Å²) in [6.07, 6.45) is 0. The van der Waals surface area contributed by atoms with Gasteiger partial charge in [0, 0.05) is 5.56 Å². The number of anilines is 1. The zero-order chi connectivity index (χ0) is 16.9. The topological polar surface area (TPSA) is 69.5 Å². The van der Waals surface area contributed by atoms with Gasteiger partial charge in [-0.1, -0.05) is 42.5 Å². The number of carbonyl (C=O) groups is 1. The minimum Gasteiger partial charge on any atom is -0.332 e. The normalized spacial score (nSPS) is 11.8. The average molecular weight is 336 g/mol. The van der Waals surface area contributed by atoms with E-state index in [0.717, 1.165) is 0 Å². The van der Waals surface area contributed by atoms with Gasteiger partial charge in [-0.2, -0.15) is 5.26 Å². The number of rotatable bonds is 5. The largest absolute Gasteiger partial charge is 0.332 e. The first-order chi connectivity index (χ1) is 11.7. The van der Waals surface area contributed by atoms with E-state index in [9.17, 15) is 4.79 Å². The zero-order valence-corrected chi connectivity index (χ0v) is 14.1. The van der Waals surface area contributed by atoms with Gasteiger partial charge in [0.15, 0.2) is 6.54 Å². The Balaban J connectivity index is 1.66. The van der Waals surface area contributed by atoms with Crippen molar-refractivity contribution in [2.45, 2.75) is 13.0 Å². The molecule has 1 atom stereocenters. The van der Waals surface area contributed by atoms with Crippen LogP contribution in [-0.4, -0.2) is 12.5 Å². The molecule has 2 aromatic carbocycles. The number of benzene rings is 2. The molecule has 0 spiro atoms. The summed E-state index contributed by atoms with van der Waals surface area (Å²) in [6.45, 7) is 2.41. The minimum absolute atomic E-state index is 0.0963. The molecule has 0 unspecified atom stereocenters. The molecule has 3 N–H and O–H groups in total. The Kier molecular flexibility index (Phi) is 4.90. The highest BCUT2D eigenvalue weighted by atomic mass is 32.1. The SMILES string of the molecule is C[C@H]([NH2+]CC(=O)Nc1sccc1C#N)c1cccc2ccccc12. The number of nitrogens with zero attached hydrogens (tertiary/aromatic N) is 1. The number of hydrogen-bond acceptors (Lipinski definition) is 3. The second-order valence-electron chi connectivity index (χ2n) is 5.62. The van der Waals surface area contributed by atoms with E-state index < -0.39 is 0 Å². The van der Waals surface area contributed by atoms with Crippen LogP contribution in [0, 0.1) is 11.3 Å². The predicted octanol–water partition coefficient (Wildman–Crippen LogP) is 3.04. The molecule has 0 saturated heterocycles. The lowest BCUT2D eigenvalue weighted by Crippen LogP contribution is -2.86. The summed E-state index contributed by atoms with van der Waals surface area (Å²) in [5.74, 6) is -0.0963. The Hall–Kier alpha value is -2.68.